The van der Waals surface area contributed by atoms with Crippen LogP contribution in [0.15, 0.2) is 64.6 Å². The van der Waals surface area contributed by atoms with E-state index >= 15 is 0 Å². The number of anilines is 1. The maximum absolute atomic E-state index is 12.6. The first-order chi connectivity index (χ1) is 15.8. The molecular formula is C27H25BrN2O3. The Kier molecular flexibility index (Phi) is 7.92. The van der Waals surface area contributed by atoms with Gasteiger partial charge in [0, 0.05) is 5.69 Å². The minimum atomic E-state index is -0.480. The van der Waals surface area contributed by atoms with E-state index in [4.69, 9.17) is 9.47 Å². The van der Waals surface area contributed by atoms with Gasteiger partial charge in [-0.25, -0.2) is 0 Å². The second kappa shape index (κ2) is 10.8. The fraction of sp³-hybridized carbons (Fsp3) is 0.185. The monoisotopic (exact) mass is 504 g/mol. The molecule has 0 saturated heterocycles. The number of hydrogen-bond acceptors (Lipinski definition) is 4. The zero-order chi connectivity index (χ0) is 24.0. The van der Waals surface area contributed by atoms with Gasteiger partial charge >= 0.3 is 0 Å². The predicted octanol–water partition coefficient (Wildman–Crippen LogP) is 6.51. The molecule has 0 bridgehead atoms. The van der Waals surface area contributed by atoms with E-state index in [1.54, 1.807) is 31.4 Å². The van der Waals surface area contributed by atoms with Crippen LogP contribution in [0.2, 0.25) is 0 Å². The lowest BCUT2D eigenvalue weighted by Gasteiger charge is -2.14. The summed E-state index contributed by atoms with van der Waals surface area (Å²) in [5.41, 5.74) is 5.73. The van der Waals surface area contributed by atoms with Crippen LogP contribution >= 0.6 is 15.9 Å². The summed E-state index contributed by atoms with van der Waals surface area (Å²) in [4.78, 5) is 12.6. The maximum Gasteiger partial charge on any atom is 0.266 e. The van der Waals surface area contributed by atoms with Gasteiger partial charge in [0.2, 0.25) is 0 Å². The SMILES string of the molecule is COc1cc(/C=C(\C#N)C(=O)Nc2ccc(C)cc2)cc(Br)c1OCc1cc(C)cc(C)c1. The molecule has 0 spiro atoms. The topological polar surface area (TPSA) is 71.3 Å². The number of nitrogens with one attached hydrogen (secondary N) is 1. The molecule has 33 heavy (non-hydrogen) atoms. The first-order valence-electron chi connectivity index (χ1n) is 10.4. The zero-order valence-corrected chi connectivity index (χ0v) is 20.6. The summed E-state index contributed by atoms with van der Waals surface area (Å²) in [6, 6.07) is 19.1. The first kappa shape index (κ1) is 24.1. The zero-order valence-electron chi connectivity index (χ0n) is 19.0. The molecule has 0 aromatic heterocycles. The van der Waals surface area contributed by atoms with Crippen molar-refractivity contribution in [3.63, 3.8) is 0 Å². The Bertz CT molecular complexity index is 1220. The highest BCUT2D eigenvalue weighted by Gasteiger charge is 2.14. The summed E-state index contributed by atoms with van der Waals surface area (Å²) in [7, 11) is 1.55. The number of hydrogen-bond donors (Lipinski definition) is 1. The van der Waals surface area contributed by atoms with Crippen molar-refractivity contribution in [2.45, 2.75) is 27.4 Å². The average Bonchev–Trinajstić information content (AvgIpc) is 2.77. The lowest BCUT2D eigenvalue weighted by Crippen LogP contribution is -2.13. The van der Waals surface area contributed by atoms with Crippen LogP contribution in [0.1, 0.15) is 27.8 Å². The van der Waals surface area contributed by atoms with Crippen LogP contribution in [-0.2, 0) is 11.4 Å². The Morgan fingerprint density at radius 1 is 1.03 bits per heavy atom. The molecular weight excluding hydrogens is 480 g/mol. The molecule has 0 unspecified atom stereocenters. The molecule has 1 amide bonds. The third-order valence-corrected chi connectivity index (χ3v) is 5.49. The van der Waals surface area contributed by atoms with Crippen molar-refractivity contribution in [3.8, 4) is 17.6 Å². The van der Waals surface area contributed by atoms with E-state index in [0.29, 0.717) is 33.8 Å². The molecule has 0 atom stereocenters. The van der Waals surface area contributed by atoms with Crippen molar-refractivity contribution >= 4 is 33.6 Å². The number of rotatable bonds is 7. The molecule has 0 saturated carbocycles. The number of halogens is 1. The molecule has 1 N–H and O–H groups in total. The highest BCUT2D eigenvalue weighted by molar-refractivity contribution is 9.10. The van der Waals surface area contributed by atoms with Crippen molar-refractivity contribution in [2.75, 3.05) is 12.4 Å². The number of methoxy groups -OCH3 is 1. The van der Waals surface area contributed by atoms with Gasteiger partial charge in [0.15, 0.2) is 11.5 Å². The van der Waals surface area contributed by atoms with Crippen LogP contribution in [0.4, 0.5) is 5.69 Å². The standard InChI is InChI=1S/C27H25BrN2O3/c1-17-5-7-23(8-6-17)30-27(31)22(15-29)12-20-13-24(28)26(25(14-20)32-4)33-16-21-10-18(2)9-19(3)11-21/h5-14H,16H2,1-4H3,(H,30,31)/b22-12+. The first-order valence-corrected chi connectivity index (χ1v) is 11.2. The summed E-state index contributed by atoms with van der Waals surface area (Å²) < 4.78 is 12.2. The van der Waals surface area contributed by atoms with E-state index < -0.39 is 5.91 Å². The van der Waals surface area contributed by atoms with E-state index in [-0.39, 0.29) is 5.57 Å². The lowest BCUT2D eigenvalue weighted by molar-refractivity contribution is -0.112. The molecule has 168 valence electrons. The molecule has 0 aliphatic heterocycles. The largest absolute Gasteiger partial charge is 0.493 e. The minimum Gasteiger partial charge on any atom is -0.493 e. The van der Waals surface area contributed by atoms with Crippen molar-refractivity contribution < 1.29 is 14.3 Å². The van der Waals surface area contributed by atoms with Crippen molar-refractivity contribution in [3.05, 3.63) is 92.5 Å². The molecule has 3 rings (SSSR count). The number of benzene rings is 3. The molecule has 0 aliphatic rings. The third-order valence-electron chi connectivity index (χ3n) is 4.90. The second-order valence-corrected chi connectivity index (χ2v) is 8.66. The molecule has 0 heterocycles. The molecule has 0 aliphatic carbocycles. The fourth-order valence-electron chi connectivity index (χ4n) is 3.42. The van der Waals surface area contributed by atoms with Gasteiger partial charge in [0.1, 0.15) is 18.2 Å². The van der Waals surface area contributed by atoms with Crippen LogP contribution in [0.3, 0.4) is 0 Å². The van der Waals surface area contributed by atoms with Crippen LogP contribution < -0.4 is 14.8 Å². The summed E-state index contributed by atoms with van der Waals surface area (Å²) in [6.07, 6.45) is 1.52. The van der Waals surface area contributed by atoms with Gasteiger partial charge in [0.05, 0.1) is 11.6 Å². The number of carbonyl (C=O) groups excluding carboxylic acids is 1. The molecule has 5 nitrogen and oxygen atoms in total. The number of aryl methyl sites for hydroxylation is 3. The Morgan fingerprint density at radius 2 is 1.70 bits per heavy atom. The van der Waals surface area contributed by atoms with Crippen LogP contribution in [0.5, 0.6) is 11.5 Å². The second-order valence-electron chi connectivity index (χ2n) is 7.81. The van der Waals surface area contributed by atoms with Gasteiger partial charge in [0.25, 0.3) is 5.91 Å². The quantitative estimate of drug-likeness (QED) is 0.294. The maximum atomic E-state index is 12.6. The van der Waals surface area contributed by atoms with Gasteiger partial charge in [-0.1, -0.05) is 47.0 Å². The number of ether oxygens (including phenoxy) is 2. The molecule has 0 radical (unpaired) electrons. The predicted molar refractivity (Wildman–Crippen MR) is 134 cm³/mol. The van der Waals surface area contributed by atoms with Crippen LogP contribution in [0, 0.1) is 32.1 Å². The average molecular weight is 505 g/mol. The normalized spacial score (nSPS) is 11.0. The summed E-state index contributed by atoms with van der Waals surface area (Å²) in [5, 5.41) is 12.3. The Balaban J connectivity index is 1.82. The summed E-state index contributed by atoms with van der Waals surface area (Å²) >= 11 is 3.53. The van der Waals surface area contributed by atoms with Crippen molar-refractivity contribution in [1.82, 2.24) is 0 Å². The van der Waals surface area contributed by atoms with Gasteiger partial charge in [-0.2, -0.15) is 5.26 Å². The number of carbonyl (C=O) groups is 1. The molecule has 3 aromatic rings. The Morgan fingerprint density at radius 3 is 2.30 bits per heavy atom. The van der Waals surface area contributed by atoms with Gasteiger partial charge in [-0.05, 0) is 78.2 Å². The van der Waals surface area contributed by atoms with E-state index in [1.165, 1.54) is 17.2 Å². The van der Waals surface area contributed by atoms with Crippen molar-refractivity contribution in [2.24, 2.45) is 0 Å². The molecule has 3 aromatic carbocycles. The third kappa shape index (κ3) is 6.47. The number of nitriles is 1. The highest BCUT2D eigenvalue weighted by Crippen LogP contribution is 2.38. The summed E-state index contributed by atoms with van der Waals surface area (Å²) in [6.45, 7) is 6.45. The number of amides is 1. The molecule has 6 heteroatoms. The van der Waals surface area contributed by atoms with E-state index in [9.17, 15) is 10.1 Å². The lowest BCUT2D eigenvalue weighted by atomic mass is 10.1. The summed E-state index contributed by atoms with van der Waals surface area (Å²) in [5.74, 6) is 0.569. The van der Waals surface area contributed by atoms with Gasteiger partial charge in [-0.15, -0.1) is 0 Å². The smallest absolute Gasteiger partial charge is 0.266 e. The molecule has 0 fully saturated rings. The van der Waals surface area contributed by atoms with E-state index in [1.807, 2.05) is 25.1 Å². The van der Waals surface area contributed by atoms with Gasteiger partial charge in [-0.3, -0.25) is 4.79 Å². The van der Waals surface area contributed by atoms with Crippen LogP contribution in [0.25, 0.3) is 6.08 Å². The Labute approximate surface area is 202 Å². The van der Waals surface area contributed by atoms with Crippen molar-refractivity contribution in [1.29, 1.82) is 5.26 Å². The highest BCUT2D eigenvalue weighted by atomic mass is 79.9. The van der Waals surface area contributed by atoms with Crippen LogP contribution in [-0.4, -0.2) is 13.0 Å². The minimum absolute atomic E-state index is 0.0200. The number of nitrogens with zero attached hydrogens (tertiary/aromatic N) is 1. The Hall–Kier alpha value is -3.56. The van der Waals surface area contributed by atoms with Gasteiger partial charge < -0.3 is 14.8 Å². The van der Waals surface area contributed by atoms with E-state index in [0.717, 1.165) is 11.1 Å². The van der Waals surface area contributed by atoms with E-state index in [2.05, 4.69) is 53.3 Å². The fourth-order valence-corrected chi connectivity index (χ4v) is 4.00.